The topological polar surface area (TPSA) is 25.2 Å². The molecule has 2 nitrogen and oxygen atoms in total. The molecule has 29 heavy (non-hydrogen) atoms. The number of hydrogen-bond acceptors (Lipinski definition) is 2. The molecule has 0 atom stereocenters. The van der Waals surface area contributed by atoms with Crippen LogP contribution in [0.4, 0.5) is 0 Å². The molecular weight excluding hydrogens is 509 g/mol. The smallest absolute Gasteiger partial charge is 0.117 e. The second kappa shape index (κ2) is 16.7. The van der Waals surface area contributed by atoms with Crippen LogP contribution in [0.25, 0.3) is 0 Å². The zero-order chi connectivity index (χ0) is 20.6. The van der Waals surface area contributed by atoms with Crippen LogP contribution in [-0.4, -0.2) is 11.3 Å². The summed E-state index contributed by atoms with van der Waals surface area (Å²) in [5.74, 6) is 1.10. The van der Waals surface area contributed by atoms with Crippen molar-refractivity contribution in [1.29, 1.82) is 0 Å². The second-order valence-electron chi connectivity index (χ2n) is 7.61. The van der Waals surface area contributed by atoms with Gasteiger partial charge in [-0.25, -0.2) is 0 Å². The predicted octanol–water partition coefficient (Wildman–Crippen LogP) is 8.49. The summed E-state index contributed by atoms with van der Waals surface area (Å²) in [5, 5.41) is 3.93. The molecule has 2 aromatic rings. The van der Waals surface area contributed by atoms with Crippen LogP contribution in [0.15, 0.2) is 59.2 Å². The van der Waals surface area contributed by atoms with Gasteiger partial charge in [-0.05, 0) is 57.2 Å². The number of halogens is 2. The molecule has 0 radical (unpaired) electrons. The Morgan fingerprint density at radius 3 is 1.62 bits per heavy atom. The number of furan rings is 1. The molecule has 0 bridgehead atoms. The fraction of sp³-hybridized carbons (Fsp3) is 0.565. The Hall–Kier alpha value is 0.0934. The van der Waals surface area contributed by atoms with Crippen LogP contribution in [0.5, 0.6) is 0 Å². The zero-order valence-electron chi connectivity index (χ0n) is 17.1. The number of benzene rings is 1. The maximum absolute atomic E-state index is 5.51. The SMILES string of the molecule is [Cl][Ru][Cl].c1ccccc1.c1coc(CNP(C2CCCCC2)C2CCCCC2)c1. The first-order chi connectivity index (χ1) is 14.3. The maximum atomic E-state index is 5.51. The molecule has 2 saturated carbocycles. The first kappa shape index (κ1) is 25.4. The molecule has 1 N–H and O–H groups in total. The Kier molecular flexibility index (Phi) is 14.6. The van der Waals surface area contributed by atoms with Crippen LogP contribution in [0.3, 0.4) is 0 Å². The Labute approximate surface area is 194 Å². The Balaban J connectivity index is 0.000000278. The summed E-state index contributed by atoms with van der Waals surface area (Å²) in [6.07, 6.45) is 16.4. The Bertz CT molecular complexity index is 545. The molecule has 1 aromatic heterocycles. The largest absolute Gasteiger partial charge is 0.468 e. The maximum Gasteiger partial charge on any atom is 0.117 e. The van der Waals surface area contributed by atoms with Gasteiger partial charge in [0.15, 0.2) is 0 Å². The first-order valence-corrected chi connectivity index (χ1v) is 16.7. The van der Waals surface area contributed by atoms with Crippen molar-refractivity contribution in [3.8, 4) is 0 Å². The van der Waals surface area contributed by atoms with Gasteiger partial charge in [0.05, 0.1) is 12.8 Å². The van der Waals surface area contributed by atoms with Gasteiger partial charge in [-0.15, -0.1) is 0 Å². The van der Waals surface area contributed by atoms with Crippen LogP contribution in [0.1, 0.15) is 70.0 Å². The van der Waals surface area contributed by atoms with E-state index in [0.717, 1.165) is 23.6 Å². The molecular formula is C23H34Cl2NOPRu. The van der Waals surface area contributed by atoms with Gasteiger partial charge < -0.3 is 4.42 Å². The molecule has 0 unspecified atom stereocenters. The van der Waals surface area contributed by atoms with Gasteiger partial charge in [0.25, 0.3) is 0 Å². The van der Waals surface area contributed by atoms with Crippen molar-refractivity contribution in [3.05, 3.63) is 60.6 Å². The molecule has 0 aliphatic heterocycles. The van der Waals surface area contributed by atoms with Gasteiger partial charge in [0.1, 0.15) is 5.76 Å². The van der Waals surface area contributed by atoms with E-state index in [9.17, 15) is 0 Å². The minimum Gasteiger partial charge on any atom is -0.468 e. The molecule has 164 valence electrons. The van der Waals surface area contributed by atoms with Crippen molar-refractivity contribution in [2.75, 3.05) is 0 Å². The van der Waals surface area contributed by atoms with Crippen molar-refractivity contribution in [2.24, 2.45) is 0 Å². The summed E-state index contributed by atoms with van der Waals surface area (Å²) >= 11 is -0.346. The third kappa shape index (κ3) is 10.8. The summed E-state index contributed by atoms with van der Waals surface area (Å²) < 4.78 is 5.51. The molecule has 1 aromatic carbocycles. The summed E-state index contributed by atoms with van der Waals surface area (Å²) in [4.78, 5) is 0. The summed E-state index contributed by atoms with van der Waals surface area (Å²) in [7, 11) is 9.70. The fourth-order valence-corrected chi connectivity index (χ4v) is 7.54. The van der Waals surface area contributed by atoms with Crippen molar-refractivity contribution in [3.63, 3.8) is 0 Å². The molecule has 0 amide bonds. The average Bonchev–Trinajstić information content (AvgIpc) is 3.31. The van der Waals surface area contributed by atoms with Crippen molar-refractivity contribution in [2.45, 2.75) is 82.1 Å². The van der Waals surface area contributed by atoms with E-state index in [0.29, 0.717) is 0 Å². The molecule has 2 aliphatic rings. The second-order valence-corrected chi connectivity index (χ2v) is 12.8. The van der Waals surface area contributed by atoms with Gasteiger partial charge >= 0.3 is 34.5 Å². The molecule has 2 fully saturated rings. The van der Waals surface area contributed by atoms with E-state index in [4.69, 9.17) is 23.8 Å². The van der Waals surface area contributed by atoms with Gasteiger partial charge in [0.2, 0.25) is 0 Å². The first-order valence-electron chi connectivity index (χ1n) is 10.7. The third-order valence-electron chi connectivity index (χ3n) is 5.62. The normalized spacial score (nSPS) is 17.9. The molecule has 0 saturated heterocycles. The summed E-state index contributed by atoms with van der Waals surface area (Å²) in [6.45, 7) is 0.936. The van der Waals surface area contributed by atoms with E-state index in [1.165, 1.54) is 64.2 Å². The van der Waals surface area contributed by atoms with E-state index < -0.39 is 0 Å². The Morgan fingerprint density at radius 1 is 0.793 bits per heavy atom. The zero-order valence-corrected chi connectivity index (χ0v) is 21.2. The number of rotatable bonds is 5. The summed E-state index contributed by atoms with van der Waals surface area (Å²) in [5.41, 5.74) is 1.94. The quantitative estimate of drug-likeness (QED) is 0.302. The molecule has 4 rings (SSSR count). The minimum absolute atomic E-state index is 0.0118. The van der Waals surface area contributed by atoms with Crippen LogP contribution < -0.4 is 5.09 Å². The molecule has 1 heterocycles. The average molecular weight is 543 g/mol. The molecule has 2 aliphatic carbocycles. The fourth-order valence-electron chi connectivity index (χ4n) is 4.24. The van der Waals surface area contributed by atoms with Crippen molar-refractivity contribution < 1.29 is 19.6 Å². The van der Waals surface area contributed by atoms with Crippen LogP contribution in [-0.2, 0) is 21.7 Å². The van der Waals surface area contributed by atoms with Crippen LogP contribution in [0.2, 0.25) is 0 Å². The van der Waals surface area contributed by atoms with Gasteiger partial charge in [-0.2, -0.15) is 0 Å². The molecule has 6 heteroatoms. The van der Waals surface area contributed by atoms with E-state index >= 15 is 0 Å². The van der Waals surface area contributed by atoms with E-state index in [1.54, 1.807) is 6.26 Å². The monoisotopic (exact) mass is 543 g/mol. The Morgan fingerprint density at radius 2 is 1.24 bits per heavy atom. The van der Waals surface area contributed by atoms with E-state index in [-0.39, 0.29) is 23.2 Å². The number of hydrogen-bond donors (Lipinski definition) is 1. The van der Waals surface area contributed by atoms with Crippen molar-refractivity contribution in [1.82, 2.24) is 5.09 Å². The van der Waals surface area contributed by atoms with Gasteiger partial charge in [-0.1, -0.05) is 74.9 Å². The van der Waals surface area contributed by atoms with E-state index in [1.807, 2.05) is 42.5 Å². The van der Waals surface area contributed by atoms with Crippen molar-refractivity contribution >= 4 is 27.5 Å². The van der Waals surface area contributed by atoms with Gasteiger partial charge in [0, 0.05) is 0 Å². The van der Waals surface area contributed by atoms with Crippen LogP contribution in [0, 0.1) is 0 Å². The molecule has 0 spiro atoms. The van der Waals surface area contributed by atoms with Gasteiger partial charge in [-0.3, -0.25) is 5.09 Å². The predicted molar refractivity (Wildman–Crippen MR) is 124 cm³/mol. The summed E-state index contributed by atoms with van der Waals surface area (Å²) in [6, 6.07) is 16.1. The third-order valence-corrected chi connectivity index (χ3v) is 8.75. The number of nitrogens with one attached hydrogen (secondary N) is 1. The van der Waals surface area contributed by atoms with E-state index in [2.05, 4.69) is 11.2 Å². The standard InChI is InChI=1S/C17H28NOP.C6H6.2ClH.Ru/c1-3-9-16(10-4-1)20(17-11-5-2-6-12-17)18-14-15-8-7-13-19-15;1-2-4-6-5-3-1;;;/h7-8,13,16-18H,1-6,9-12,14H2;1-6H;2*1H;/q;;;;+2/p-2. The van der Waals surface area contributed by atoms with Crippen LogP contribution >= 0.6 is 27.5 Å². The minimum atomic E-state index is -0.346.